The molecule has 1 fully saturated rings. The van der Waals surface area contributed by atoms with E-state index in [-0.39, 0.29) is 12.2 Å². The van der Waals surface area contributed by atoms with Gasteiger partial charge >= 0.3 is 25.7 Å². The van der Waals surface area contributed by atoms with Gasteiger partial charge < -0.3 is 23.8 Å². The molecular formula is C25H34ClFN3O11P. The number of ether oxygens (including phenoxy) is 3. The van der Waals surface area contributed by atoms with Gasteiger partial charge in [0.15, 0.2) is 12.3 Å². The molecule has 0 bridgehead atoms. The van der Waals surface area contributed by atoms with Gasteiger partial charge in [-0.25, -0.2) is 13.8 Å². The summed E-state index contributed by atoms with van der Waals surface area (Å²) in [6, 6.07) is 3.08. The van der Waals surface area contributed by atoms with Crippen molar-refractivity contribution in [2.75, 3.05) is 6.61 Å². The Morgan fingerprint density at radius 3 is 2.40 bits per heavy atom. The second kappa shape index (κ2) is 14.4. The number of halogens is 2. The molecule has 42 heavy (non-hydrogen) atoms. The largest absolute Gasteiger partial charge is 0.462 e. The zero-order valence-corrected chi connectivity index (χ0v) is 25.4. The predicted octanol–water partition coefficient (Wildman–Crippen LogP) is 3.18. The average Bonchev–Trinajstić information content (AvgIpc) is 3.07. The standard InChI is InChI=1S/C25H34ClFN3O11P/c1-7-12-30(23(34)28-14-31)22-24(6,35)21(39-17(5)32)25(27,40-22)13-37-42(36,29-16(4)20(33)38-15(2)3)41-19-10-8-18(26)9-11-19/h7-12,14-16,21-22,35H,13H2,1-6H3,(H,29,36)(H,28,31,34)/b12-7-/t16?,21-,22+,24+,25+,42?/m0/s1. The summed E-state index contributed by atoms with van der Waals surface area (Å²) in [5.74, 6) is -5.18. The Bertz CT molecular complexity index is 1220. The molecule has 3 amide bonds. The highest BCUT2D eigenvalue weighted by Gasteiger charge is 2.67. The molecule has 1 aliphatic heterocycles. The fourth-order valence-electron chi connectivity index (χ4n) is 3.81. The van der Waals surface area contributed by atoms with Crippen LogP contribution >= 0.6 is 19.3 Å². The van der Waals surface area contributed by atoms with E-state index < -0.39 is 68.3 Å². The number of urea groups is 1. The van der Waals surface area contributed by atoms with Crippen LogP contribution in [0.3, 0.4) is 0 Å². The zero-order chi connectivity index (χ0) is 31.9. The van der Waals surface area contributed by atoms with E-state index >= 15 is 4.39 Å². The van der Waals surface area contributed by atoms with Gasteiger partial charge in [0.05, 0.1) is 6.10 Å². The van der Waals surface area contributed by atoms with Crippen LogP contribution in [0, 0.1) is 0 Å². The molecule has 14 nitrogen and oxygen atoms in total. The van der Waals surface area contributed by atoms with Gasteiger partial charge in [0.1, 0.15) is 24.0 Å². The number of imide groups is 1. The lowest BCUT2D eigenvalue weighted by molar-refractivity contribution is -0.214. The van der Waals surface area contributed by atoms with Crippen molar-refractivity contribution in [3.63, 3.8) is 0 Å². The summed E-state index contributed by atoms with van der Waals surface area (Å²) in [6.07, 6.45) is -2.10. The molecule has 0 saturated carbocycles. The monoisotopic (exact) mass is 637 g/mol. The van der Waals surface area contributed by atoms with Gasteiger partial charge in [0, 0.05) is 18.1 Å². The second-order valence-corrected chi connectivity index (χ2v) is 11.7. The number of alkyl halides is 1. The van der Waals surface area contributed by atoms with E-state index in [1.807, 2.05) is 5.32 Å². The summed E-state index contributed by atoms with van der Waals surface area (Å²) in [7, 11) is -4.68. The number of benzene rings is 1. The minimum absolute atomic E-state index is 0.0499. The number of rotatable bonds is 13. The van der Waals surface area contributed by atoms with Crippen LogP contribution in [0.25, 0.3) is 0 Å². The fraction of sp³-hybridized carbons (Fsp3) is 0.520. The highest BCUT2D eigenvalue weighted by Crippen LogP contribution is 2.50. The van der Waals surface area contributed by atoms with Crippen molar-refractivity contribution in [3.8, 4) is 5.75 Å². The van der Waals surface area contributed by atoms with Gasteiger partial charge in [0.2, 0.25) is 6.41 Å². The topological polar surface area (TPSA) is 179 Å². The molecule has 0 spiro atoms. The Balaban J connectivity index is 2.47. The molecule has 1 aromatic rings. The third kappa shape index (κ3) is 8.96. The first-order valence-corrected chi connectivity index (χ1v) is 14.5. The van der Waals surface area contributed by atoms with Crippen LogP contribution in [0.4, 0.5) is 9.18 Å². The molecule has 3 N–H and O–H groups in total. The van der Waals surface area contributed by atoms with Crippen LogP contribution < -0.4 is 14.9 Å². The van der Waals surface area contributed by atoms with Crippen molar-refractivity contribution >= 4 is 43.7 Å². The lowest BCUT2D eigenvalue weighted by Crippen LogP contribution is -2.56. The smallest absolute Gasteiger partial charge is 0.459 e. The van der Waals surface area contributed by atoms with Crippen molar-refractivity contribution in [1.82, 2.24) is 15.3 Å². The van der Waals surface area contributed by atoms with Crippen LogP contribution in [0.1, 0.15) is 41.5 Å². The zero-order valence-electron chi connectivity index (χ0n) is 23.7. The molecule has 1 aromatic carbocycles. The summed E-state index contributed by atoms with van der Waals surface area (Å²) in [4.78, 5) is 48.3. The van der Waals surface area contributed by atoms with Crippen molar-refractivity contribution < 1.29 is 56.5 Å². The van der Waals surface area contributed by atoms with Gasteiger partial charge in [-0.05, 0) is 58.9 Å². The van der Waals surface area contributed by atoms with Crippen LogP contribution in [-0.2, 0) is 37.7 Å². The molecule has 1 saturated heterocycles. The van der Waals surface area contributed by atoms with Crippen molar-refractivity contribution in [2.45, 2.75) is 77.5 Å². The highest BCUT2D eigenvalue weighted by molar-refractivity contribution is 7.52. The molecule has 1 heterocycles. The summed E-state index contributed by atoms with van der Waals surface area (Å²) in [5, 5.41) is 15.8. The number of nitrogens with one attached hydrogen (secondary N) is 2. The quantitative estimate of drug-likeness (QED) is 0.164. The van der Waals surface area contributed by atoms with E-state index in [0.717, 1.165) is 20.0 Å². The molecule has 0 radical (unpaired) electrons. The number of carbonyl (C=O) groups is 4. The number of hydrogen-bond donors (Lipinski definition) is 3. The molecule has 2 rings (SSSR count). The third-order valence-electron chi connectivity index (χ3n) is 5.52. The Kier molecular flexibility index (Phi) is 12.0. The van der Waals surface area contributed by atoms with Gasteiger partial charge in [0.25, 0.3) is 5.85 Å². The lowest BCUT2D eigenvalue weighted by Gasteiger charge is -2.33. The molecule has 1 aliphatic rings. The van der Waals surface area contributed by atoms with Crippen LogP contribution in [0.15, 0.2) is 36.5 Å². The number of esters is 2. The summed E-state index contributed by atoms with van der Waals surface area (Å²) in [5.41, 5.74) is -2.45. The molecule has 0 aliphatic carbocycles. The maximum atomic E-state index is 16.6. The van der Waals surface area contributed by atoms with E-state index in [4.69, 9.17) is 34.9 Å². The lowest BCUT2D eigenvalue weighted by atomic mass is 9.94. The number of amides is 3. The van der Waals surface area contributed by atoms with E-state index in [2.05, 4.69) is 5.09 Å². The van der Waals surface area contributed by atoms with E-state index in [1.165, 1.54) is 44.2 Å². The fourth-order valence-corrected chi connectivity index (χ4v) is 5.44. The molecule has 234 valence electrons. The molecule has 2 unspecified atom stereocenters. The Hall–Kier alpha value is -3.07. The molecule has 6 atom stereocenters. The van der Waals surface area contributed by atoms with Crippen molar-refractivity contribution in [2.24, 2.45) is 0 Å². The molecular weight excluding hydrogens is 604 g/mol. The first-order chi connectivity index (χ1) is 19.5. The first-order valence-electron chi connectivity index (χ1n) is 12.6. The maximum absolute atomic E-state index is 16.6. The Morgan fingerprint density at radius 1 is 1.26 bits per heavy atom. The van der Waals surface area contributed by atoms with Crippen LogP contribution in [0.5, 0.6) is 5.75 Å². The van der Waals surface area contributed by atoms with Gasteiger partial charge in [-0.1, -0.05) is 17.7 Å². The maximum Gasteiger partial charge on any atom is 0.459 e. The number of aliphatic hydroxyl groups is 1. The Labute approximate surface area is 247 Å². The van der Waals surface area contributed by atoms with Gasteiger partial charge in [-0.15, -0.1) is 0 Å². The Morgan fingerprint density at radius 2 is 1.88 bits per heavy atom. The summed E-state index contributed by atoms with van der Waals surface area (Å²) >= 11 is 5.89. The third-order valence-corrected chi connectivity index (χ3v) is 7.40. The van der Waals surface area contributed by atoms with Crippen molar-refractivity contribution in [1.29, 1.82) is 0 Å². The first kappa shape index (κ1) is 35.1. The van der Waals surface area contributed by atoms with Gasteiger partial charge in [-0.2, -0.15) is 5.09 Å². The average molecular weight is 638 g/mol. The van der Waals surface area contributed by atoms with E-state index in [0.29, 0.717) is 9.92 Å². The van der Waals surface area contributed by atoms with Crippen molar-refractivity contribution in [3.05, 3.63) is 41.6 Å². The summed E-state index contributed by atoms with van der Waals surface area (Å²) < 4.78 is 56.8. The van der Waals surface area contributed by atoms with E-state index in [1.54, 1.807) is 13.8 Å². The normalized spacial score (nSPS) is 25.9. The summed E-state index contributed by atoms with van der Waals surface area (Å²) in [6.45, 7) is 6.61. The number of hydrogen-bond acceptors (Lipinski definition) is 11. The van der Waals surface area contributed by atoms with Crippen LogP contribution in [0.2, 0.25) is 5.02 Å². The SMILES string of the molecule is C/C=C\N(C(=O)NC=O)[C@@H]1O[C@](F)(COP(=O)(NC(C)C(=O)OC(C)C)Oc2ccc(Cl)cc2)[C@@H](OC(C)=O)[C@@]1(C)O. The van der Waals surface area contributed by atoms with Crippen LogP contribution in [-0.4, -0.2) is 76.9 Å². The van der Waals surface area contributed by atoms with Gasteiger partial charge in [-0.3, -0.25) is 29.1 Å². The van der Waals surface area contributed by atoms with E-state index in [9.17, 15) is 28.8 Å². The number of nitrogens with zero attached hydrogens (tertiary/aromatic N) is 1. The second-order valence-electron chi connectivity index (χ2n) is 9.58. The molecule has 0 aromatic heterocycles. The highest BCUT2D eigenvalue weighted by atomic mass is 35.5. The molecule has 17 heteroatoms. The number of allylic oxidation sites excluding steroid dienone is 1. The number of carbonyl (C=O) groups excluding carboxylic acids is 4. The minimum Gasteiger partial charge on any atom is -0.462 e. The predicted molar refractivity (Wildman–Crippen MR) is 146 cm³/mol. The minimum atomic E-state index is -4.68.